The summed E-state index contributed by atoms with van der Waals surface area (Å²) < 4.78 is 13.0. The summed E-state index contributed by atoms with van der Waals surface area (Å²) in [6, 6.07) is 15.3. The molecule has 176 valence electrons. The molecular weight excluding hydrogens is 428 g/mol. The first-order valence-corrected chi connectivity index (χ1v) is 11.8. The van der Waals surface area contributed by atoms with Gasteiger partial charge in [0.15, 0.2) is 11.6 Å². The molecule has 0 bridgehead atoms. The van der Waals surface area contributed by atoms with E-state index in [9.17, 15) is 4.79 Å². The number of carbonyl (C=O) groups is 1. The smallest absolute Gasteiger partial charge is 0.226 e. The SMILES string of the molecule is CCOc1ccc(-c2nc3n(n2)C(c2ccc(OCC)cc2)C2=C(CC(C)(C)CC2=O)N3)cc1. The second-order valence-corrected chi connectivity index (χ2v) is 9.52. The zero-order valence-corrected chi connectivity index (χ0v) is 20.1. The number of aromatic nitrogens is 3. The summed E-state index contributed by atoms with van der Waals surface area (Å²) in [6.45, 7) is 9.41. The number of hydrogen-bond acceptors (Lipinski definition) is 6. The van der Waals surface area contributed by atoms with Crippen LogP contribution in [0.4, 0.5) is 5.95 Å². The van der Waals surface area contributed by atoms with E-state index in [1.807, 2.05) is 67.1 Å². The minimum atomic E-state index is -0.338. The zero-order valence-electron chi connectivity index (χ0n) is 20.1. The first-order valence-electron chi connectivity index (χ1n) is 11.8. The molecule has 0 saturated heterocycles. The number of carbonyl (C=O) groups excluding carboxylic acids is 1. The van der Waals surface area contributed by atoms with Gasteiger partial charge in [-0.05, 0) is 67.6 Å². The van der Waals surface area contributed by atoms with Gasteiger partial charge in [-0.25, -0.2) is 4.68 Å². The maximum absolute atomic E-state index is 13.4. The Labute approximate surface area is 199 Å². The molecule has 2 aromatic carbocycles. The molecule has 2 aliphatic rings. The van der Waals surface area contributed by atoms with Crippen LogP contribution in [0.5, 0.6) is 11.5 Å². The number of hydrogen-bond donors (Lipinski definition) is 1. The van der Waals surface area contributed by atoms with Crippen molar-refractivity contribution in [2.45, 2.75) is 46.6 Å². The van der Waals surface area contributed by atoms with Crippen molar-refractivity contribution in [3.8, 4) is 22.9 Å². The van der Waals surface area contributed by atoms with Crippen molar-refractivity contribution in [3.63, 3.8) is 0 Å². The number of Topliss-reactive ketones (excluding diaryl/α,β-unsaturated/α-hetero) is 1. The number of ether oxygens (including phenoxy) is 2. The first kappa shape index (κ1) is 22.2. The molecule has 2 heterocycles. The van der Waals surface area contributed by atoms with Crippen molar-refractivity contribution in [2.75, 3.05) is 18.5 Å². The summed E-state index contributed by atoms with van der Waals surface area (Å²) in [6.07, 6.45) is 1.30. The van der Waals surface area contributed by atoms with Crippen molar-refractivity contribution in [2.24, 2.45) is 5.41 Å². The lowest BCUT2D eigenvalue weighted by atomic mass is 9.73. The van der Waals surface area contributed by atoms with E-state index in [1.54, 1.807) is 0 Å². The van der Waals surface area contributed by atoms with E-state index < -0.39 is 0 Å². The molecule has 5 rings (SSSR count). The summed E-state index contributed by atoms with van der Waals surface area (Å²) >= 11 is 0. The van der Waals surface area contributed by atoms with Gasteiger partial charge in [0.25, 0.3) is 0 Å². The highest BCUT2D eigenvalue weighted by Gasteiger charge is 2.41. The van der Waals surface area contributed by atoms with Gasteiger partial charge in [0.1, 0.15) is 17.5 Å². The van der Waals surface area contributed by atoms with E-state index >= 15 is 0 Å². The van der Waals surface area contributed by atoms with Crippen LogP contribution in [0.3, 0.4) is 0 Å². The van der Waals surface area contributed by atoms with Crippen molar-refractivity contribution >= 4 is 11.7 Å². The van der Waals surface area contributed by atoms with Crippen molar-refractivity contribution in [3.05, 3.63) is 65.4 Å². The van der Waals surface area contributed by atoms with Gasteiger partial charge < -0.3 is 14.8 Å². The summed E-state index contributed by atoms with van der Waals surface area (Å²) in [4.78, 5) is 18.2. The van der Waals surface area contributed by atoms with E-state index in [1.165, 1.54) is 0 Å². The molecule has 7 nitrogen and oxygen atoms in total. The van der Waals surface area contributed by atoms with Gasteiger partial charge in [-0.1, -0.05) is 26.0 Å². The summed E-state index contributed by atoms with van der Waals surface area (Å²) in [5.41, 5.74) is 3.49. The lowest BCUT2D eigenvalue weighted by molar-refractivity contribution is -0.118. The largest absolute Gasteiger partial charge is 0.494 e. The Hall–Kier alpha value is -3.61. The normalized spacial score (nSPS) is 18.7. The Morgan fingerprint density at radius 2 is 1.59 bits per heavy atom. The highest BCUT2D eigenvalue weighted by molar-refractivity contribution is 6.00. The number of fused-ring (bicyclic) bond motifs is 1. The Morgan fingerprint density at radius 3 is 2.21 bits per heavy atom. The third-order valence-electron chi connectivity index (χ3n) is 6.26. The van der Waals surface area contributed by atoms with Crippen LogP contribution in [0, 0.1) is 5.41 Å². The van der Waals surface area contributed by atoms with Gasteiger partial charge in [-0.15, -0.1) is 5.10 Å². The molecule has 1 unspecified atom stereocenters. The van der Waals surface area contributed by atoms with Crippen LogP contribution < -0.4 is 14.8 Å². The molecule has 0 fully saturated rings. The van der Waals surface area contributed by atoms with Gasteiger partial charge in [0.05, 0.1) is 13.2 Å². The fraction of sp³-hybridized carbons (Fsp3) is 0.370. The first-order chi connectivity index (χ1) is 16.4. The second kappa shape index (κ2) is 8.63. The van der Waals surface area contributed by atoms with Gasteiger partial charge in [0.2, 0.25) is 5.95 Å². The topological polar surface area (TPSA) is 78.3 Å². The van der Waals surface area contributed by atoms with Crippen LogP contribution >= 0.6 is 0 Å². The molecule has 1 aliphatic carbocycles. The number of anilines is 1. The molecule has 7 heteroatoms. The lowest BCUT2D eigenvalue weighted by Crippen LogP contribution is -2.36. The van der Waals surface area contributed by atoms with Crippen LogP contribution in [0.25, 0.3) is 11.4 Å². The van der Waals surface area contributed by atoms with E-state index in [4.69, 9.17) is 19.6 Å². The van der Waals surface area contributed by atoms with Gasteiger partial charge in [-0.3, -0.25) is 4.79 Å². The molecular formula is C27H30N4O3. The van der Waals surface area contributed by atoms with E-state index in [-0.39, 0.29) is 17.2 Å². The maximum atomic E-state index is 13.4. The number of benzene rings is 2. The Kier molecular flexibility index (Phi) is 5.63. The number of ketones is 1. The number of allylic oxidation sites excluding steroid dienone is 2. The summed E-state index contributed by atoms with van der Waals surface area (Å²) in [5, 5.41) is 8.30. The van der Waals surface area contributed by atoms with Crippen LogP contribution in [-0.2, 0) is 4.79 Å². The molecule has 0 spiro atoms. The maximum Gasteiger partial charge on any atom is 0.226 e. The van der Waals surface area contributed by atoms with Crippen LogP contribution in [0.15, 0.2) is 59.8 Å². The molecule has 1 atom stereocenters. The van der Waals surface area contributed by atoms with Gasteiger partial charge in [-0.2, -0.15) is 4.98 Å². The number of rotatable bonds is 6. The molecule has 0 amide bonds. The van der Waals surface area contributed by atoms with Crippen molar-refractivity contribution < 1.29 is 14.3 Å². The third kappa shape index (κ3) is 4.06. The van der Waals surface area contributed by atoms with E-state index in [0.29, 0.717) is 31.4 Å². The van der Waals surface area contributed by atoms with Gasteiger partial charge in [0, 0.05) is 23.3 Å². The standard InChI is InChI=1S/C27H30N4O3/c1-5-33-19-11-7-17(8-12-19)24-23-21(15-27(3,4)16-22(23)32)28-26-29-25(30-31(24)26)18-9-13-20(14-10-18)34-6-2/h7-14,24H,5-6,15-16H2,1-4H3,(H,28,29,30). The Morgan fingerprint density at radius 1 is 0.971 bits per heavy atom. The minimum absolute atomic E-state index is 0.105. The molecule has 3 aromatic rings. The molecule has 0 radical (unpaired) electrons. The van der Waals surface area contributed by atoms with E-state index in [2.05, 4.69) is 19.2 Å². The van der Waals surface area contributed by atoms with Crippen LogP contribution in [0.1, 0.15) is 52.1 Å². The third-order valence-corrected chi connectivity index (χ3v) is 6.26. The van der Waals surface area contributed by atoms with Gasteiger partial charge >= 0.3 is 0 Å². The summed E-state index contributed by atoms with van der Waals surface area (Å²) in [5.74, 6) is 3.02. The van der Waals surface area contributed by atoms with Crippen LogP contribution in [0.2, 0.25) is 0 Å². The van der Waals surface area contributed by atoms with Crippen molar-refractivity contribution in [1.82, 2.24) is 14.8 Å². The highest BCUT2D eigenvalue weighted by Crippen LogP contribution is 2.45. The fourth-order valence-corrected chi connectivity index (χ4v) is 4.82. The predicted octanol–water partition coefficient (Wildman–Crippen LogP) is 5.40. The fourth-order valence-electron chi connectivity index (χ4n) is 4.82. The molecule has 1 N–H and O–H groups in total. The van der Waals surface area contributed by atoms with E-state index in [0.717, 1.165) is 40.3 Å². The van der Waals surface area contributed by atoms with Crippen LogP contribution in [-0.4, -0.2) is 33.8 Å². The average Bonchev–Trinajstić information content (AvgIpc) is 3.22. The highest BCUT2D eigenvalue weighted by atomic mass is 16.5. The predicted molar refractivity (Wildman–Crippen MR) is 131 cm³/mol. The quantitative estimate of drug-likeness (QED) is 0.533. The molecule has 1 aliphatic heterocycles. The lowest BCUT2D eigenvalue weighted by Gasteiger charge is -2.38. The second-order valence-electron chi connectivity index (χ2n) is 9.52. The average molecular weight is 459 g/mol. The molecule has 1 aromatic heterocycles. The zero-order chi connectivity index (χ0) is 23.9. The number of nitrogens with zero attached hydrogens (tertiary/aromatic N) is 3. The molecule has 34 heavy (non-hydrogen) atoms. The molecule has 0 saturated carbocycles. The monoisotopic (exact) mass is 458 g/mol. The summed E-state index contributed by atoms with van der Waals surface area (Å²) in [7, 11) is 0. The number of nitrogens with one attached hydrogen (secondary N) is 1. The minimum Gasteiger partial charge on any atom is -0.494 e. The Bertz CT molecular complexity index is 1240. The Balaban J connectivity index is 1.59. The van der Waals surface area contributed by atoms with Crippen molar-refractivity contribution in [1.29, 1.82) is 0 Å².